The molecular weight excluding hydrogens is 538 g/mol. The molecule has 0 radical (unpaired) electrons. The first kappa shape index (κ1) is 24.0. The minimum absolute atomic E-state index is 0.0694. The highest BCUT2D eigenvalue weighted by atomic mass is 79.9. The van der Waals surface area contributed by atoms with Gasteiger partial charge in [0.05, 0.1) is 14.2 Å². The molecule has 6 rings (SSSR count). The Balaban J connectivity index is 1.36. The fraction of sp³-hybridized carbons (Fsp3) is 0.0606. The van der Waals surface area contributed by atoms with Crippen LogP contribution in [0.2, 0.25) is 0 Å². The third-order valence-corrected chi connectivity index (χ3v) is 7.39. The first-order valence-electron chi connectivity index (χ1n) is 12.2. The van der Waals surface area contributed by atoms with E-state index in [0.717, 1.165) is 66.4 Å². The molecule has 4 nitrogen and oxygen atoms in total. The molecule has 0 saturated heterocycles. The quantitative estimate of drug-likeness (QED) is 0.203. The van der Waals surface area contributed by atoms with Gasteiger partial charge in [-0.25, -0.2) is 0 Å². The summed E-state index contributed by atoms with van der Waals surface area (Å²) in [6, 6.07) is 36.4. The van der Waals surface area contributed by atoms with Gasteiger partial charge in [0.25, 0.3) is 0 Å². The van der Waals surface area contributed by atoms with Gasteiger partial charge in [-0.15, -0.1) is 0 Å². The molecule has 0 unspecified atom stereocenters. The largest absolute Gasteiger partial charge is 0.497 e. The molecule has 0 N–H and O–H groups in total. The van der Waals surface area contributed by atoms with Crippen molar-refractivity contribution in [1.29, 1.82) is 0 Å². The number of benzene rings is 5. The lowest BCUT2D eigenvalue weighted by Crippen LogP contribution is -2.09. The molecule has 186 valence electrons. The summed E-state index contributed by atoms with van der Waals surface area (Å²) in [7, 11) is 3.33. The van der Waals surface area contributed by atoms with Crippen molar-refractivity contribution in [3.63, 3.8) is 0 Å². The van der Waals surface area contributed by atoms with E-state index in [9.17, 15) is 4.79 Å². The summed E-state index contributed by atoms with van der Waals surface area (Å²) in [5.74, 6) is 1.68. The lowest BCUT2D eigenvalue weighted by molar-refractivity contribution is 0.104. The zero-order valence-electron chi connectivity index (χ0n) is 20.9. The van der Waals surface area contributed by atoms with Gasteiger partial charge < -0.3 is 14.4 Å². The van der Waals surface area contributed by atoms with Crippen molar-refractivity contribution in [2.45, 2.75) is 0 Å². The highest BCUT2D eigenvalue weighted by molar-refractivity contribution is 9.10. The first-order chi connectivity index (χ1) is 18.6. The van der Waals surface area contributed by atoms with Gasteiger partial charge in [-0.2, -0.15) is 0 Å². The van der Waals surface area contributed by atoms with Gasteiger partial charge in [-0.3, -0.25) is 4.79 Å². The number of rotatable bonds is 6. The molecule has 1 aliphatic rings. The van der Waals surface area contributed by atoms with E-state index in [2.05, 4.69) is 57.2 Å². The second-order valence-corrected chi connectivity index (χ2v) is 9.97. The van der Waals surface area contributed by atoms with Gasteiger partial charge in [0, 0.05) is 32.7 Å². The van der Waals surface area contributed by atoms with Crippen molar-refractivity contribution in [3.05, 3.63) is 125 Å². The molecule has 0 spiro atoms. The van der Waals surface area contributed by atoms with E-state index in [1.54, 1.807) is 14.2 Å². The van der Waals surface area contributed by atoms with E-state index in [-0.39, 0.29) is 5.78 Å². The maximum absolute atomic E-state index is 13.1. The Morgan fingerprint density at radius 2 is 0.974 bits per heavy atom. The minimum Gasteiger partial charge on any atom is -0.497 e. The third-order valence-electron chi connectivity index (χ3n) is 6.90. The fourth-order valence-electron chi connectivity index (χ4n) is 4.94. The Hall–Kier alpha value is -4.35. The van der Waals surface area contributed by atoms with Crippen LogP contribution in [-0.4, -0.2) is 20.0 Å². The Bertz CT molecular complexity index is 1590. The van der Waals surface area contributed by atoms with E-state index < -0.39 is 0 Å². The number of nitrogens with zero attached hydrogens (tertiary/aromatic N) is 1. The average molecular weight is 562 g/mol. The molecule has 0 amide bonds. The second kappa shape index (κ2) is 9.84. The molecule has 5 aromatic rings. The molecule has 0 bridgehead atoms. The Labute approximate surface area is 230 Å². The van der Waals surface area contributed by atoms with Gasteiger partial charge >= 0.3 is 0 Å². The third kappa shape index (κ3) is 4.25. The van der Waals surface area contributed by atoms with Crippen LogP contribution >= 0.6 is 15.9 Å². The zero-order valence-corrected chi connectivity index (χ0v) is 22.5. The second-order valence-electron chi connectivity index (χ2n) is 9.06. The van der Waals surface area contributed by atoms with Crippen LogP contribution in [0.4, 0.5) is 17.1 Å². The summed E-state index contributed by atoms with van der Waals surface area (Å²) in [5, 5.41) is 0. The number of ether oxygens (including phenoxy) is 2. The predicted molar refractivity (Wildman–Crippen MR) is 156 cm³/mol. The van der Waals surface area contributed by atoms with Crippen molar-refractivity contribution < 1.29 is 14.3 Å². The normalized spacial score (nSPS) is 11.6. The number of ketones is 1. The van der Waals surface area contributed by atoms with Crippen LogP contribution in [0.25, 0.3) is 22.3 Å². The summed E-state index contributed by atoms with van der Waals surface area (Å²) in [6.07, 6.45) is 0. The van der Waals surface area contributed by atoms with Crippen LogP contribution in [0.5, 0.6) is 11.5 Å². The zero-order chi connectivity index (χ0) is 26.2. The summed E-state index contributed by atoms with van der Waals surface area (Å²) < 4.78 is 11.6. The molecule has 0 saturated carbocycles. The van der Waals surface area contributed by atoms with Gasteiger partial charge in [0.2, 0.25) is 0 Å². The monoisotopic (exact) mass is 561 g/mol. The molecule has 0 aromatic heterocycles. The van der Waals surface area contributed by atoms with Gasteiger partial charge in [0.1, 0.15) is 11.5 Å². The van der Waals surface area contributed by atoms with Crippen molar-refractivity contribution in [2.24, 2.45) is 0 Å². The highest BCUT2D eigenvalue weighted by Gasteiger charge is 2.27. The summed E-state index contributed by atoms with van der Waals surface area (Å²) >= 11 is 3.49. The van der Waals surface area contributed by atoms with Crippen LogP contribution in [0, 0.1) is 0 Å². The highest BCUT2D eigenvalue weighted by Crippen LogP contribution is 2.41. The van der Waals surface area contributed by atoms with Crippen molar-refractivity contribution >= 4 is 38.8 Å². The van der Waals surface area contributed by atoms with Crippen LogP contribution < -0.4 is 14.4 Å². The Morgan fingerprint density at radius 3 is 1.50 bits per heavy atom. The smallest absolute Gasteiger partial charge is 0.194 e. The molecule has 0 atom stereocenters. The van der Waals surface area contributed by atoms with Gasteiger partial charge in [-0.05, 0) is 101 Å². The van der Waals surface area contributed by atoms with Crippen LogP contribution in [0.15, 0.2) is 114 Å². The molecule has 1 aliphatic carbocycles. The molecule has 5 heteroatoms. The number of hydrogen-bond acceptors (Lipinski definition) is 4. The number of carbonyl (C=O) groups excluding carboxylic acids is 1. The van der Waals surface area contributed by atoms with E-state index in [1.807, 2.05) is 72.8 Å². The fourth-order valence-corrected chi connectivity index (χ4v) is 5.30. The Kier molecular flexibility index (Phi) is 6.22. The standard InChI is InChI=1S/C33H24BrNO3/c1-37-27-13-9-25(10-14-27)35(26-11-15-28(38-2)16-12-26)24-7-3-21(4-8-24)22-5-17-29-30-18-6-23(34)20-32(30)33(36)31(29)19-22/h3-20H,1-2H3. The molecular formula is C33H24BrNO3. The van der Waals surface area contributed by atoms with Crippen molar-refractivity contribution in [2.75, 3.05) is 19.1 Å². The summed E-state index contributed by atoms with van der Waals surface area (Å²) in [5.41, 5.74) is 8.56. The maximum atomic E-state index is 13.1. The number of carbonyl (C=O) groups is 1. The number of anilines is 3. The number of methoxy groups -OCH3 is 2. The van der Waals surface area contributed by atoms with E-state index in [4.69, 9.17) is 9.47 Å². The Morgan fingerprint density at radius 1 is 0.526 bits per heavy atom. The molecule has 0 heterocycles. The predicted octanol–water partition coefficient (Wildman–Crippen LogP) is 8.81. The molecule has 38 heavy (non-hydrogen) atoms. The maximum Gasteiger partial charge on any atom is 0.194 e. The van der Waals surface area contributed by atoms with Crippen LogP contribution in [0.3, 0.4) is 0 Å². The number of hydrogen-bond donors (Lipinski definition) is 0. The van der Waals surface area contributed by atoms with E-state index in [0.29, 0.717) is 0 Å². The SMILES string of the molecule is COc1ccc(N(c2ccc(OC)cc2)c2ccc(-c3ccc4c(c3)C(=O)c3cc(Br)ccc3-4)cc2)cc1. The topological polar surface area (TPSA) is 38.8 Å². The average Bonchev–Trinajstić information content (AvgIpc) is 3.24. The molecule has 0 aliphatic heterocycles. The lowest BCUT2D eigenvalue weighted by atomic mass is 9.98. The van der Waals surface area contributed by atoms with Crippen molar-refractivity contribution in [3.8, 4) is 33.8 Å². The summed E-state index contributed by atoms with van der Waals surface area (Å²) in [6.45, 7) is 0. The lowest BCUT2D eigenvalue weighted by Gasteiger charge is -2.26. The number of halogens is 1. The van der Waals surface area contributed by atoms with Crippen LogP contribution in [-0.2, 0) is 0 Å². The first-order valence-corrected chi connectivity index (χ1v) is 13.0. The van der Waals surface area contributed by atoms with Crippen molar-refractivity contribution in [1.82, 2.24) is 0 Å². The molecule has 5 aromatic carbocycles. The minimum atomic E-state index is 0.0694. The number of fused-ring (bicyclic) bond motifs is 3. The van der Waals surface area contributed by atoms with E-state index in [1.165, 1.54) is 0 Å². The molecule has 0 fully saturated rings. The summed E-state index contributed by atoms with van der Waals surface area (Å²) in [4.78, 5) is 15.3. The van der Waals surface area contributed by atoms with Crippen LogP contribution in [0.1, 0.15) is 15.9 Å². The van der Waals surface area contributed by atoms with Gasteiger partial charge in [-0.1, -0.05) is 46.3 Å². The van der Waals surface area contributed by atoms with Gasteiger partial charge in [0.15, 0.2) is 5.78 Å². The van der Waals surface area contributed by atoms with E-state index >= 15 is 0 Å².